The van der Waals surface area contributed by atoms with E-state index in [1.807, 2.05) is 35.7 Å². The van der Waals surface area contributed by atoms with E-state index in [4.69, 9.17) is 22.3 Å². The van der Waals surface area contributed by atoms with Crippen LogP contribution in [0.4, 0.5) is 5.69 Å². The van der Waals surface area contributed by atoms with Crippen molar-refractivity contribution in [2.75, 3.05) is 31.1 Å². The van der Waals surface area contributed by atoms with Crippen LogP contribution in [0.15, 0.2) is 41.9 Å². The molecule has 0 aliphatic carbocycles. The minimum absolute atomic E-state index is 0.240. The number of hydrogen-bond donors (Lipinski definition) is 2. The highest BCUT2D eigenvalue weighted by atomic mass is 35.5. The maximum atomic E-state index is 11.9. The van der Waals surface area contributed by atoms with Gasteiger partial charge in [0.1, 0.15) is 10.7 Å². The Labute approximate surface area is 171 Å². The monoisotopic (exact) mass is 411 g/mol. The molecule has 0 saturated carbocycles. The molecule has 0 radical (unpaired) electrons. The van der Waals surface area contributed by atoms with Crippen molar-refractivity contribution in [3.8, 4) is 21.8 Å². The van der Waals surface area contributed by atoms with Crippen LogP contribution in [-0.4, -0.2) is 42.1 Å². The molecule has 0 unspecified atom stereocenters. The summed E-state index contributed by atoms with van der Waals surface area (Å²) in [7, 11) is 0. The van der Waals surface area contributed by atoms with Crippen molar-refractivity contribution in [1.82, 2.24) is 15.3 Å². The fraction of sp³-hybridized carbons (Fsp3) is 0.250. The Bertz CT molecular complexity index is 1070. The summed E-state index contributed by atoms with van der Waals surface area (Å²) in [6.45, 7) is 4.13. The zero-order chi connectivity index (χ0) is 19.3. The van der Waals surface area contributed by atoms with Crippen LogP contribution >= 0.6 is 22.9 Å². The molecule has 4 heterocycles. The molecule has 0 atom stereocenters. The molecule has 1 spiro atoms. The molecule has 8 heteroatoms. The Balaban J connectivity index is 1.50. The van der Waals surface area contributed by atoms with Gasteiger partial charge in [-0.05, 0) is 12.1 Å². The Kier molecular flexibility index (Phi) is 4.12. The molecule has 5 rings (SSSR count). The molecule has 28 heavy (non-hydrogen) atoms. The number of carbonyl (C=O) groups is 1. The van der Waals surface area contributed by atoms with E-state index in [1.54, 1.807) is 6.20 Å². The molecule has 1 amide bonds. The van der Waals surface area contributed by atoms with Gasteiger partial charge < -0.3 is 16.0 Å². The van der Waals surface area contributed by atoms with E-state index in [-0.39, 0.29) is 5.69 Å². The maximum absolute atomic E-state index is 11.9. The van der Waals surface area contributed by atoms with Crippen molar-refractivity contribution >= 4 is 34.5 Å². The van der Waals surface area contributed by atoms with E-state index in [0.717, 1.165) is 43.1 Å². The lowest BCUT2D eigenvalue weighted by atomic mass is 9.74. The molecule has 142 valence electrons. The molecule has 6 nitrogen and oxygen atoms in total. The minimum atomic E-state index is -0.556. The first-order valence-corrected chi connectivity index (χ1v) is 10.3. The lowest BCUT2D eigenvalue weighted by Gasteiger charge is -2.57. The number of carbonyl (C=O) groups excluding carboxylic acids is 1. The summed E-state index contributed by atoms with van der Waals surface area (Å²) in [4.78, 5) is 23.3. The number of nitrogens with one attached hydrogen (secondary N) is 1. The number of primary amides is 1. The van der Waals surface area contributed by atoms with Crippen LogP contribution in [0.3, 0.4) is 0 Å². The highest BCUT2D eigenvalue weighted by Crippen LogP contribution is 2.39. The van der Waals surface area contributed by atoms with Gasteiger partial charge in [-0.15, -0.1) is 11.3 Å². The summed E-state index contributed by atoms with van der Waals surface area (Å²) >= 11 is 7.75. The number of thiazole rings is 1. The van der Waals surface area contributed by atoms with E-state index >= 15 is 0 Å². The molecule has 2 aliphatic rings. The second-order valence-electron chi connectivity index (χ2n) is 7.43. The second kappa shape index (κ2) is 6.55. The molecule has 2 fully saturated rings. The summed E-state index contributed by atoms with van der Waals surface area (Å²) in [5.74, 6) is -0.556. The predicted molar refractivity (Wildman–Crippen MR) is 112 cm³/mol. The summed E-state index contributed by atoms with van der Waals surface area (Å²) in [6, 6.07) is 9.54. The first-order valence-electron chi connectivity index (χ1n) is 9.01. The van der Waals surface area contributed by atoms with E-state index in [9.17, 15) is 4.79 Å². The Hall–Kier alpha value is -2.48. The summed E-state index contributed by atoms with van der Waals surface area (Å²) < 4.78 is 0. The number of anilines is 1. The fourth-order valence-corrected chi connectivity index (χ4v) is 4.89. The van der Waals surface area contributed by atoms with Crippen LogP contribution in [0.2, 0.25) is 5.02 Å². The Morgan fingerprint density at radius 1 is 1.25 bits per heavy atom. The lowest BCUT2D eigenvalue weighted by Crippen LogP contribution is -2.71. The van der Waals surface area contributed by atoms with Gasteiger partial charge in [0.05, 0.1) is 17.6 Å². The van der Waals surface area contributed by atoms with Crippen molar-refractivity contribution in [3.05, 3.63) is 52.6 Å². The molecule has 2 saturated heterocycles. The number of rotatable bonds is 4. The summed E-state index contributed by atoms with van der Waals surface area (Å²) in [5.41, 5.74) is 9.51. The average molecular weight is 412 g/mol. The average Bonchev–Trinajstić information content (AvgIpc) is 3.09. The molecular weight excluding hydrogens is 394 g/mol. The first-order chi connectivity index (χ1) is 13.5. The maximum Gasteiger partial charge on any atom is 0.268 e. The highest BCUT2D eigenvalue weighted by Gasteiger charge is 2.47. The SMILES string of the molecule is NC(=O)c1ncc(N2CC3(CNC3)C2)cc1-c1nc(-c2ccccc2Cl)cs1. The van der Waals surface area contributed by atoms with E-state index in [0.29, 0.717) is 21.0 Å². The Morgan fingerprint density at radius 3 is 2.71 bits per heavy atom. The number of nitrogens with two attached hydrogens (primary N) is 1. The normalized spacial score (nSPS) is 17.2. The van der Waals surface area contributed by atoms with Crippen LogP contribution in [-0.2, 0) is 0 Å². The third kappa shape index (κ3) is 2.87. The molecule has 1 aromatic carbocycles. The smallest absolute Gasteiger partial charge is 0.268 e. The molecule has 2 aliphatic heterocycles. The van der Waals surface area contributed by atoms with Gasteiger partial charge in [-0.25, -0.2) is 9.97 Å². The van der Waals surface area contributed by atoms with Crippen molar-refractivity contribution in [2.45, 2.75) is 0 Å². The topological polar surface area (TPSA) is 84.1 Å². The van der Waals surface area contributed by atoms with Gasteiger partial charge >= 0.3 is 0 Å². The van der Waals surface area contributed by atoms with Crippen molar-refractivity contribution in [3.63, 3.8) is 0 Å². The molecule has 0 bridgehead atoms. The van der Waals surface area contributed by atoms with Gasteiger partial charge in [-0.3, -0.25) is 4.79 Å². The first kappa shape index (κ1) is 17.6. The van der Waals surface area contributed by atoms with Gasteiger partial charge in [0.15, 0.2) is 0 Å². The molecule has 3 aromatic rings. The highest BCUT2D eigenvalue weighted by molar-refractivity contribution is 7.13. The Morgan fingerprint density at radius 2 is 2.04 bits per heavy atom. The number of halogens is 1. The minimum Gasteiger partial charge on any atom is -0.369 e. The number of hydrogen-bond acceptors (Lipinski definition) is 6. The molecule has 2 aromatic heterocycles. The summed E-state index contributed by atoms with van der Waals surface area (Å²) in [6.07, 6.45) is 1.73. The largest absolute Gasteiger partial charge is 0.369 e. The van der Waals surface area contributed by atoms with Gasteiger partial charge in [0.2, 0.25) is 0 Å². The third-order valence-corrected chi connectivity index (χ3v) is 6.61. The summed E-state index contributed by atoms with van der Waals surface area (Å²) in [5, 5.41) is 6.62. The standard InChI is InChI=1S/C20H18ClN5OS/c21-15-4-2-1-3-13(15)16-7-28-19(25-16)14-5-12(6-24-17(14)18(22)27)26-10-20(11-26)8-23-9-20/h1-7,23H,8-11H2,(H2,22,27). The number of benzene rings is 1. The number of aromatic nitrogens is 2. The van der Waals surface area contributed by atoms with E-state index < -0.39 is 5.91 Å². The van der Waals surface area contributed by atoms with Crippen molar-refractivity contribution < 1.29 is 4.79 Å². The zero-order valence-electron chi connectivity index (χ0n) is 15.0. The number of nitrogens with zero attached hydrogens (tertiary/aromatic N) is 3. The number of amides is 1. The third-order valence-electron chi connectivity index (χ3n) is 5.41. The lowest BCUT2D eigenvalue weighted by molar-refractivity contribution is 0.0996. The van der Waals surface area contributed by atoms with E-state index in [1.165, 1.54) is 11.3 Å². The van der Waals surface area contributed by atoms with Crippen LogP contribution in [0.1, 0.15) is 10.5 Å². The van der Waals surface area contributed by atoms with Gasteiger partial charge in [-0.2, -0.15) is 0 Å². The molecular formula is C20H18ClN5OS. The van der Waals surface area contributed by atoms with Crippen molar-refractivity contribution in [2.24, 2.45) is 11.1 Å². The van der Waals surface area contributed by atoms with Gasteiger partial charge in [0, 0.05) is 53.1 Å². The van der Waals surface area contributed by atoms with Crippen LogP contribution < -0.4 is 16.0 Å². The van der Waals surface area contributed by atoms with Gasteiger partial charge in [0.25, 0.3) is 5.91 Å². The second-order valence-corrected chi connectivity index (χ2v) is 8.70. The zero-order valence-corrected chi connectivity index (χ0v) is 16.6. The number of pyridine rings is 1. The quantitative estimate of drug-likeness (QED) is 0.689. The predicted octanol–water partition coefficient (Wildman–Crippen LogP) is 3.03. The molecule has 3 N–H and O–H groups in total. The van der Waals surface area contributed by atoms with Crippen LogP contribution in [0.5, 0.6) is 0 Å². The fourth-order valence-electron chi connectivity index (χ4n) is 3.82. The van der Waals surface area contributed by atoms with Gasteiger partial charge in [-0.1, -0.05) is 29.8 Å². The van der Waals surface area contributed by atoms with E-state index in [2.05, 4.69) is 15.2 Å². The van der Waals surface area contributed by atoms with Crippen LogP contribution in [0, 0.1) is 5.41 Å². The van der Waals surface area contributed by atoms with Crippen molar-refractivity contribution in [1.29, 1.82) is 0 Å². The van der Waals surface area contributed by atoms with Crippen LogP contribution in [0.25, 0.3) is 21.8 Å².